The molecule has 1 aliphatic heterocycles. The Morgan fingerprint density at radius 1 is 1.24 bits per heavy atom. The highest BCUT2D eigenvalue weighted by Gasteiger charge is 2.31. The molecular weight excluding hydrogens is 363 g/mol. The molecule has 0 spiro atoms. The highest BCUT2D eigenvalue weighted by atomic mass is 35.5. The van der Waals surface area contributed by atoms with Gasteiger partial charge in [-0.25, -0.2) is 0 Å². The summed E-state index contributed by atoms with van der Waals surface area (Å²) in [5.41, 5.74) is 1.75. The van der Waals surface area contributed by atoms with Crippen LogP contribution in [0, 0.1) is 5.92 Å². The third-order valence-electron chi connectivity index (χ3n) is 4.03. The molecule has 0 radical (unpaired) electrons. The summed E-state index contributed by atoms with van der Waals surface area (Å²) in [5, 5.41) is 11.9. The molecule has 0 saturated carbocycles. The summed E-state index contributed by atoms with van der Waals surface area (Å²) >= 11 is 11.9. The van der Waals surface area contributed by atoms with E-state index in [0.717, 1.165) is 24.3 Å². The van der Waals surface area contributed by atoms with Gasteiger partial charge in [-0.15, -0.1) is 5.10 Å². The fourth-order valence-electron chi connectivity index (χ4n) is 2.59. The minimum Gasteiger partial charge on any atom is -0.472 e. The van der Waals surface area contributed by atoms with Crippen molar-refractivity contribution < 1.29 is 9.53 Å². The van der Waals surface area contributed by atoms with E-state index in [1.807, 2.05) is 12.1 Å². The zero-order chi connectivity index (χ0) is 17.8. The molecule has 2 heterocycles. The number of aromatic nitrogens is 2. The van der Waals surface area contributed by atoms with Crippen molar-refractivity contribution in [3.8, 4) is 5.88 Å². The molecule has 2 aromatic rings. The van der Waals surface area contributed by atoms with Crippen LogP contribution in [0.5, 0.6) is 5.88 Å². The van der Waals surface area contributed by atoms with Crippen molar-refractivity contribution in [1.82, 2.24) is 20.4 Å². The molecule has 8 heteroatoms. The number of nitrogens with one attached hydrogen (secondary N) is 1. The summed E-state index contributed by atoms with van der Waals surface area (Å²) in [6.45, 7) is 2.51. The van der Waals surface area contributed by atoms with E-state index in [9.17, 15) is 4.79 Å². The second-order valence-electron chi connectivity index (χ2n) is 5.91. The molecule has 0 aliphatic carbocycles. The molecule has 0 unspecified atom stereocenters. The van der Waals surface area contributed by atoms with Gasteiger partial charge in [-0.1, -0.05) is 29.3 Å². The van der Waals surface area contributed by atoms with Crippen molar-refractivity contribution in [3.63, 3.8) is 0 Å². The van der Waals surface area contributed by atoms with Crippen molar-refractivity contribution >= 4 is 29.1 Å². The molecule has 25 heavy (non-hydrogen) atoms. The van der Waals surface area contributed by atoms with Crippen LogP contribution in [0.4, 0.5) is 0 Å². The standard InChI is InChI=1S/C17H18Cl2N4O2/c1-20-17(24)12-7-23(8-12)9-13-3-5-16(22-21-13)25-10-11-2-4-14(18)15(19)6-11/h2-6,12H,7-10H2,1H3,(H,20,24). The van der Waals surface area contributed by atoms with E-state index in [-0.39, 0.29) is 11.8 Å². The van der Waals surface area contributed by atoms with Crippen LogP contribution in [0.1, 0.15) is 11.3 Å². The number of benzene rings is 1. The Bertz CT molecular complexity index is 749. The fraction of sp³-hybridized carbons (Fsp3) is 0.353. The molecule has 1 fully saturated rings. The SMILES string of the molecule is CNC(=O)C1CN(Cc2ccc(OCc3ccc(Cl)c(Cl)c3)nn2)C1. The van der Waals surface area contributed by atoms with E-state index >= 15 is 0 Å². The van der Waals surface area contributed by atoms with Crippen LogP contribution in [0.25, 0.3) is 0 Å². The second-order valence-corrected chi connectivity index (χ2v) is 6.72. The van der Waals surface area contributed by atoms with E-state index in [0.29, 0.717) is 29.1 Å². The molecule has 0 bridgehead atoms. The number of nitrogens with zero attached hydrogens (tertiary/aromatic N) is 3. The third-order valence-corrected chi connectivity index (χ3v) is 4.77. The average Bonchev–Trinajstić information content (AvgIpc) is 2.59. The van der Waals surface area contributed by atoms with Gasteiger partial charge in [0.2, 0.25) is 11.8 Å². The Morgan fingerprint density at radius 2 is 2.04 bits per heavy atom. The van der Waals surface area contributed by atoms with E-state index < -0.39 is 0 Å². The Balaban J connectivity index is 1.47. The number of rotatable bonds is 6. The molecule has 132 valence electrons. The van der Waals surface area contributed by atoms with Gasteiger partial charge in [-0.2, -0.15) is 5.10 Å². The monoisotopic (exact) mass is 380 g/mol. The molecule has 1 aliphatic rings. The summed E-state index contributed by atoms with van der Waals surface area (Å²) in [7, 11) is 1.66. The number of carbonyl (C=O) groups excluding carboxylic acids is 1. The maximum Gasteiger partial charge on any atom is 0.233 e. The minimum atomic E-state index is 0.0757. The van der Waals surface area contributed by atoms with E-state index in [4.69, 9.17) is 27.9 Å². The number of amides is 1. The van der Waals surface area contributed by atoms with Gasteiger partial charge in [0.05, 0.1) is 21.7 Å². The smallest absolute Gasteiger partial charge is 0.233 e. The molecule has 1 amide bonds. The topological polar surface area (TPSA) is 67.4 Å². The summed E-state index contributed by atoms with van der Waals surface area (Å²) in [6, 6.07) is 9.01. The molecular formula is C17H18Cl2N4O2. The third kappa shape index (κ3) is 4.60. The number of hydrogen-bond donors (Lipinski definition) is 1. The van der Waals surface area contributed by atoms with Gasteiger partial charge >= 0.3 is 0 Å². The number of halogens is 2. The Kier molecular flexibility index (Phi) is 5.73. The molecule has 1 aromatic heterocycles. The first-order chi connectivity index (χ1) is 12.0. The second kappa shape index (κ2) is 7.99. The minimum absolute atomic E-state index is 0.0757. The van der Waals surface area contributed by atoms with Crippen molar-refractivity contribution in [3.05, 3.63) is 51.6 Å². The maximum absolute atomic E-state index is 11.5. The lowest BCUT2D eigenvalue weighted by atomic mass is 9.99. The first-order valence-electron chi connectivity index (χ1n) is 7.88. The van der Waals surface area contributed by atoms with Gasteiger partial charge in [0.15, 0.2) is 0 Å². The average molecular weight is 381 g/mol. The Hall–Kier alpha value is -1.89. The highest BCUT2D eigenvalue weighted by molar-refractivity contribution is 6.42. The van der Waals surface area contributed by atoms with Crippen LogP contribution in [0.2, 0.25) is 10.0 Å². The first-order valence-corrected chi connectivity index (χ1v) is 8.64. The van der Waals surface area contributed by atoms with Gasteiger partial charge in [-0.3, -0.25) is 9.69 Å². The van der Waals surface area contributed by atoms with Crippen LogP contribution in [-0.2, 0) is 17.9 Å². The normalized spacial score (nSPS) is 14.8. The summed E-state index contributed by atoms with van der Waals surface area (Å²) in [6.07, 6.45) is 0. The van der Waals surface area contributed by atoms with Crippen molar-refractivity contribution in [2.75, 3.05) is 20.1 Å². The van der Waals surface area contributed by atoms with Crippen molar-refractivity contribution in [1.29, 1.82) is 0 Å². The zero-order valence-electron chi connectivity index (χ0n) is 13.7. The van der Waals surface area contributed by atoms with Crippen LogP contribution in [-0.4, -0.2) is 41.1 Å². The molecule has 1 N–H and O–H groups in total. The number of hydrogen-bond acceptors (Lipinski definition) is 5. The van der Waals surface area contributed by atoms with E-state index in [1.165, 1.54) is 0 Å². The number of carbonyl (C=O) groups is 1. The van der Waals surface area contributed by atoms with Crippen LogP contribution in [0.3, 0.4) is 0 Å². The summed E-state index contributed by atoms with van der Waals surface area (Å²) in [4.78, 5) is 13.6. The van der Waals surface area contributed by atoms with Crippen LogP contribution < -0.4 is 10.1 Å². The zero-order valence-corrected chi connectivity index (χ0v) is 15.2. The van der Waals surface area contributed by atoms with Gasteiger partial charge < -0.3 is 10.1 Å². The number of likely N-dealkylation sites (tertiary alicyclic amines) is 1. The predicted octanol–water partition coefficient (Wildman–Crippen LogP) is 2.54. The molecule has 3 rings (SSSR count). The van der Waals surface area contributed by atoms with Gasteiger partial charge in [0, 0.05) is 32.7 Å². The quantitative estimate of drug-likeness (QED) is 0.833. The fourth-order valence-corrected chi connectivity index (χ4v) is 2.91. The van der Waals surface area contributed by atoms with Crippen molar-refractivity contribution in [2.45, 2.75) is 13.2 Å². The largest absolute Gasteiger partial charge is 0.472 e. The Labute approximate surface area is 156 Å². The first kappa shape index (κ1) is 17.9. The van der Waals surface area contributed by atoms with Gasteiger partial charge in [0.1, 0.15) is 6.61 Å². The summed E-state index contributed by atoms with van der Waals surface area (Å²) < 4.78 is 5.61. The molecule has 1 saturated heterocycles. The predicted molar refractivity (Wildman–Crippen MR) is 95.7 cm³/mol. The van der Waals surface area contributed by atoms with Crippen LogP contribution >= 0.6 is 23.2 Å². The van der Waals surface area contributed by atoms with E-state index in [1.54, 1.807) is 25.2 Å². The Morgan fingerprint density at radius 3 is 2.68 bits per heavy atom. The number of ether oxygens (including phenoxy) is 1. The van der Waals surface area contributed by atoms with E-state index in [2.05, 4.69) is 20.4 Å². The van der Waals surface area contributed by atoms with Gasteiger partial charge in [-0.05, 0) is 23.8 Å². The molecule has 1 aromatic carbocycles. The highest BCUT2D eigenvalue weighted by Crippen LogP contribution is 2.23. The summed E-state index contributed by atoms with van der Waals surface area (Å²) in [5.74, 6) is 0.613. The van der Waals surface area contributed by atoms with Crippen molar-refractivity contribution in [2.24, 2.45) is 5.92 Å². The maximum atomic E-state index is 11.5. The lowest BCUT2D eigenvalue weighted by Gasteiger charge is -2.37. The van der Waals surface area contributed by atoms with Crippen LogP contribution in [0.15, 0.2) is 30.3 Å². The lowest BCUT2D eigenvalue weighted by molar-refractivity contribution is -0.129. The molecule has 6 nitrogen and oxygen atoms in total. The molecule has 0 atom stereocenters. The van der Waals surface area contributed by atoms with Gasteiger partial charge in [0.25, 0.3) is 0 Å². The lowest BCUT2D eigenvalue weighted by Crippen LogP contribution is -2.52.